The van der Waals surface area contributed by atoms with Crippen molar-refractivity contribution in [3.63, 3.8) is 0 Å². The molecular weight excluding hydrogens is 410 g/mol. The summed E-state index contributed by atoms with van der Waals surface area (Å²) in [5.41, 5.74) is 11.0. The molecule has 0 spiro atoms. The Morgan fingerprint density at radius 3 is 2.85 bits per heavy atom. The molecule has 1 aliphatic rings. The van der Waals surface area contributed by atoms with Crippen LogP contribution in [-0.4, -0.2) is 43.6 Å². The van der Waals surface area contributed by atoms with E-state index in [-0.39, 0.29) is 6.04 Å². The molecule has 0 saturated carbocycles. The molecule has 0 aliphatic carbocycles. The molecule has 4 N–H and O–H groups in total. The Morgan fingerprint density at radius 2 is 2.18 bits per heavy atom. The molecule has 0 radical (unpaired) electrons. The van der Waals surface area contributed by atoms with Gasteiger partial charge in [0.05, 0.1) is 11.6 Å². The van der Waals surface area contributed by atoms with Crippen LogP contribution in [0.4, 0.5) is 5.69 Å². The molecule has 1 atom stereocenters. The summed E-state index contributed by atoms with van der Waals surface area (Å²) in [6.45, 7) is 14.0. The fourth-order valence-corrected chi connectivity index (χ4v) is 3.81. The van der Waals surface area contributed by atoms with Crippen molar-refractivity contribution >= 4 is 23.9 Å². The lowest BCUT2D eigenvalue weighted by molar-refractivity contribution is 0.112. The number of piperidine rings is 1. The van der Waals surface area contributed by atoms with Crippen LogP contribution in [0.5, 0.6) is 0 Å². The quantitative estimate of drug-likeness (QED) is 0.193. The third-order valence-corrected chi connectivity index (χ3v) is 5.72. The highest BCUT2D eigenvalue weighted by molar-refractivity contribution is 5.90. The van der Waals surface area contributed by atoms with E-state index < -0.39 is 0 Å². The minimum absolute atomic E-state index is 0.0835. The number of nitrogens with zero attached hydrogens (tertiary/aromatic N) is 2. The van der Waals surface area contributed by atoms with Crippen LogP contribution in [0.15, 0.2) is 66.1 Å². The van der Waals surface area contributed by atoms with Crippen molar-refractivity contribution in [2.24, 2.45) is 10.7 Å². The van der Waals surface area contributed by atoms with E-state index in [0.717, 1.165) is 73.3 Å². The highest BCUT2D eigenvalue weighted by Gasteiger charge is 2.26. The van der Waals surface area contributed by atoms with Gasteiger partial charge in [-0.05, 0) is 38.2 Å². The predicted molar refractivity (Wildman–Crippen MR) is 140 cm³/mol. The number of anilines is 1. The first-order chi connectivity index (χ1) is 15.9. The Kier molecular flexibility index (Phi) is 10.0. The van der Waals surface area contributed by atoms with Gasteiger partial charge in [0.2, 0.25) is 0 Å². The number of carbonyl (C=O) groups excluding carboxylic acids is 1. The molecule has 0 amide bonds. The van der Waals surface area contributed by atoms with Crippen LogP contribution in [0, 0.1) is 12.3 Å². The van der Waals surface area contributed by atoms with Crippen molar-refractivity contribution in [3.05, 3.63) is 72.2 Å². The zero-order chi connectivity index (χ0) is 24.2. The first kappa shape index (κ1) is 25.5. The van der Waals surface area contributed by atoms with E-state index in [1.807, 2.05) is 25.2 Å². The van der Waals surface area contributed by atoms with Crippen LogP contribution in [0.1, 0.15) is 48.0 Å². The molecule has 1 aliphatic heterocycles. The molecular formula is C27H35N5O. The molecule has 1 saturated heterocycles. The largest absolute Gasteiger partial charge is 0.404 e. The molecule has 1 aromatic carbocycles. The average Bonchev–Trinajstić information content (AvgIpc) is 2.82. The summed E-state index contributed by atoms with van der Waals surface area (Å²) in [6, 6.07) is 5.78. The zero-order valence-electron chi connectivity index (χ0n) is 19.6. The molecule has 6 nitrogen and oxygen atoms in total. The number of unbranched alkanes of at least 4 members (excludes halogenated alkanes) is 2. The van der Waals surface area contributed by atoms with Crippen molar-refractivity contribution in [2.75, 3.05) is 25.5 Å². The number of likely N-dealkylation sites (N-methyl/N-ethyl adjacent to an activating group) is 1. The van der Waals surface area contributed by atoms with Crippen molar-refractivity contribution in [1.82, 2.24) is 10.2 Å². The number of rotatable bonds is 12. The van der Waals surface area contributed by atoms with Gasteiger partial charge in [0.25, 0.3) is 0 Å². The first-order valence-electron chi connectivity index (χ1n) is 11.2. The summed E-state index contributed by atoms with van der Waals surface area (Å²) in [4.78, 5) is 18.2. The Morgan fingerprint density at radius 1 is 1.39 bits per heavy atom. The van der Waals surface area contributed by atoms with Gasteiger partial charge >= 0.3 is 0 Å². The van der Waals surface area contributed by atoms with E-state index in [0.29, 0.717) is 17.7 Å². The van der Waals surface area contributed by atoms with Crippen molar-refractivity contribution in [3.8, 4) is 12.3 Å². The second kappa shape index (κ2) is 13.0. The number of carbonyl (C=O) groups is 1. The van der Waals surface area contributed by atoms with Gasteiger partial charge in [0.15, 0.2) is 6.29 Å². The van der Waals surface area contributed by atoms with Crippen molar-refractivity contribution in [2.45, 2.75) is 38.1 Å². The van der Waals surface area contributed by atoms with Crippen LogP contribution in [0.3, 0.4) is 0 Å². The number of benzene rings is 1. The van der Waals surface area contributed by atoms with E-state index in [9.17, 15) is 4.79 Å². The summed E-state index contributed by atoms with van der Waals surface area (Å²) in [5.74, 6) is 2.47. The Labute approximate surface area is 198 Å². The van der Waals surface area contributed by atoms with Crippen LogP contribution < -0.4 is 16.4 Å². The fourth-order valence-electron chi connectivity index (χ4n) is 3.81. The molecule has 1 aromatic rings. The van der Waals surface area contributed by atoms with Crippen molar-refractivity contribution in [1.29, 1.82) is 0 Å². The van der Waals surface area contributed by atoms with Crippen LogP contribution >= 0.6 is 0 Å². The number of aliphatic imine (C=N–C) groups is 1. The van der Waals surface area contributed by atoms with E-state index in [2.05, 4.69) is 46.2 Å². The number of hydrogen-bond donors (Lipinski definition) is 3. The van der Waals surface area contributed by atoms with Crippen LogP contribution in [-0.2, 0) is 0 Å². The molecule has 1 heterocycles. The lowest BCUT2D eigenvalue weighted by Crippen LogP contribution is -2.40. The number of aldehydes is 1. The summed E-state index contributed by atoms with van der Waals surface area (Å²) in [6.07, 6.45) is 13.9. The Hall–Kier alpha value is -3.72. The molecule has 0 aromatic heterocycles. The maximum absolute atomic E-state index is 11.8. The maximum Gasteiger partial charge on any atom is 0.150 e. The maximum atomic E-state index is 11.8. The number of nitrogens with one attached hydrogen (secondary N) is 2. The normalized spacial score (nSPS) is 16.2. The van der Waals surface area contributed by atoms with E-state index in [1.54, 1.807) is 6.21 Å². The highest BCUT2D eigenvalue weighted by atomic mass is 16.1. The lowest BCUT2D eigenvalue weighted by atomic mass is 9.97. The second-order valence-corrected chi connectivity index (χ2v) is 8.04. The second-order valence-electron chi connectivity index (χ2n) is 8.04. The van der Waals surface area contributed by atoms with Gasteiger partial charge in [0.1, 0.15) is 0 Å². The third-order valence-electron chi connectivity index (χ3n) is 5.72. The number of allylic oxidation sites excluding steroid dienone is 2. The smallest absolute Gasteiger partial charge is 0.150 e. The van der Waals surface area contributed by atoms with E-state index in [1.165, 1.54) is 6.20 Å². The summed E-state index contributed by atoms with van der Waals surface area (Å²) in [7, 11) is 1.99. The van der Waals surface area contributed by atoms with Gasteiger partial charge in [-0.15, -0.1) is 6.42 Å². The van der Waals surface area contributed by atoms with Crippen LogP contribution in [0.25, 0.3) is 5.70 Å². The van der Waals surface area contributed by atoms with Gasteiger partial charge in [0, 0.05) is 66.5 Å². The average molecular weight is 446 g/mol. The SMILES string of the molecule is C#CC(C=NCCCCCNc1cccc(C=O)c1C(=C)N(C)C1CCC(=C)NC1=C)=CN. The van der Waals surface area contributed by atoms with Gasteiger partial charge < -0.3 is 21.3 Å². The van der Waals surface area contributed by atoms with Gasteiger partial charge in [-0.1, -0.05) is 37.8 Å². The number of hydrogen-bond acceptors (Lipinski definition) is 6. The fraction of sp³-hybridized carbons (Fsp3) is 0.333. The van der Waals surface area contributed by atoms with Crippen LogP contribution in [0.2, 0.25) is 0 Å². The zero-order valence-corrected chi connectivity index (χ0v) is 19.6. The standard InChI is InChI=1S/C27H35N5O/c1-6-23(17-28)18-29-15-8-7-9-16-30-25-12-10-11-24(19-33)27(25)22(4)32(5)26-14-13-20(2)31-21(26)3/h1,10-12,17-19,26,30-31H,2-4,7-9,13-16,28H2,5H3. The van der Waals surface area contributed by atoms with Gasteiger partial charge in [-0.25, -0.2) is 0 Å². The molecule has 0 bridgehead atoms. The van der Waals surface area contributed by atoms with Gasteiger partial charge in [-0.2, -0.15) is 0 Å². The minimum atomic E-state index is 0.0835. The summed E-state index contributed by atoms with van der Waals surface area (Å²) in [5, 5.41) is 6.73. The highest BCUT2D eigenvalue weighted by Crippen LogP contribution is 2.32. The minimum Gasteiger partial charge on any atom is -0.404 e. The number of terminal acetylenes is 1. The predicted octanol–water partition coefficient (Wildman–Crippen LogP) is 4.31. The Bertz CT molecular complexity index is 983. The van der Waals surface area contributed by atoms with E-state index in [4.69, 9.17) is 12.2 Å². The third kappa shape index (κ3) is 7.15. The topological polar surface area (TPSA) is 82.8 Å². The lowest BCUT2D eigenvalue weighted by Gasteiger charge is -2.37. The van der Waals surface area contributed by atoms with Crippen molar-refractivity contribution < 1.29 is 4.79 Å². The molecule has 2 rings (SSSR count). The van der Waals surface area contributed by atoms with Gasteiger partial charge in [-0.3, -0.25) is 9.79 Å². The summed E-state index contributed by atoms with van der Waals surface area (Å²) >= 11 is 0. The molecule has 6 heteroatoms. The van der Waals surface area contributed by atoms with E-state index >= 15 is 0 Å². The molecule has 33 heavy (non-hydrogen) atoms. The molecule has 1 fully saturated rings. The molecule has 174 valence electrons. The summed E-state index contributed by atoms with van der Waals surface area (Å²) < 4.78 is 0. The Balaban J connectivity index is 1.97. The monoisotopic (exact) mass is 445 g/mol. The number of nitrogens with two attached hydrogens (primary N) is 1. The first-order valence-corrected chi connectivity index (χ1v) is 11.2. The molecule has 1 unspecified atom stereocenters.